The highest BCUT2D eigenvalue weighted by Crippen LogP contribution is 2.39. The summed E-state index contributed by atoms with van der Waals surface area (Å²) in [7, 11) is 1.28. The molecule has 3 aromatic carbocycles. The van der Waals surface area contributed by atoms with Crippen LogP contribution in [0.2, 0.25) is 5.02 Å². The van der Waals surface area contributed by atoms with E-state index in [1.54, 1.807) is 30.3 Å². The SMILES string of the molecule is COc1cc(NC(=O)[C@@H](N=Nc2cc(OC)c(S(=O)(=O)Nc3ccccc3)cc2OC)C(C)=O)c(OC)cc1Cl. The van der Waals surface area contributed by atoms with Crippen molar-refractivity contribution in [2.24, 2.45) is 10.2 Å². The molecule has 0 aliphatic heterocycles. The Kier molecular flexibility index (Phi) is 9.91. The topological polar surface area (TPSA) is 154 Å². The zero-order valence-electron chi connectivity index (χ0n) is 22.2. The second-order valence-electron chi connectivity index (χ2n) is 8.05. The van der Waals surface area contributed by atoms with Gasteiger partial charge in [-0.3, -0.25) is 14.3 Å². The predicted octanol–water partition coefficient (Wildman–Crippen LogP) is 4.86. The van der Waals surface area contributed by atoms with Crippen LogP contribution < -0.4 is 29.0 Å². The number of carbonyl (C=O) groups is 2. The van der Waals surface area contributed by atoms with Crippen LogP contribution >= 0.6 is 11.6 Å². The summed E-state index contributed by atoms with van der Waals surface area (Å²) in [4.78, 5) is 25.1. The Hall–Kier alpha value is -4.36. The number of azo groups is 1. The van der Waals surface area contributed by atoms with Crippen LogP contribution in [0, 0.1) is 0 Å². The molecule has 0 saturated heterocycles. The van der Waals surface area contributed by atoms with Crippen LogP contribution in [0.25, 0.3) is 0 Å². The van der Waals surface area contributed by atoms with Crippen molar-refractivity contribution in [3.63, 3.8) is 0 Å². The normalized spacial score (nSPS) is 11.9. The summed E-state index contributed by atoms with van der Waals surface area (Å²) < 4.78 is 49.6. The number of ketones is 1. The van der Waals surface area contributed by atoms with Gasteiger partial charge in [-0.15, -0.1) is 0 Å². The third-order valence-corrected chi connectivity index (χ3v) is 7.12. The Morgan fingerprint density at radius 2 is 1.48 bits per heavy atom. The first-order chi connectivity index (χ1) is 19.0. The highest BCUT2D eigenvalue weighted by molar-refractivity contribution is 7.92. The summed E-state index contributed by atoms with van der Waals surface area (Å²) >= 11 is 6.11. The molecule has 0 heterocycles. The highest BCUT2D eigenvalue weighted by atomic mass is 35.5. The van der Waals surface area contributed by atoms with Crippen molar-refractivity contribution in [3.05, 3.63) is 59.6 Å². The second-order valence-corrected chi connectivity index (χ2v) is 10.1. The van der Waals surface area contributed by atoms with Crippen molar-refractivity contribution in [2.75, 3.05) is 38.5 Å². The average molecular weight is 591 g/mol. The molecule has 0 radical (unpaired) electrons. The number of ether oxygens (including phenoxy) is 4. The fourth-order valence-electron chi connectivity index (χ4n) is 3.46. The van der Waals surface area contributed by atoms with Gasteiger partial charge in [0, 0.05) is 30.0 Å². The number of Topliss-reactive ketones (excluding diaryl/α,β-unsaturated/α-hetero) is 1. The molecule has 14 heteroatoms. The first kappa shape index (κ1) is 30.2. The van der Waals surface area contributed by atoms with Gasteiger partial charge in [0.2, 0.25) is 6.04 Å². The summed E-state index contributed by atoms with van der Waals surface area (Å²) in [5.74, 6) is -0.989. The lowest BCUT2D eigenvalue weighted by Crippen LogP contribution is -2.32. The Bertz CT molecular complexity index is 1530. The minimum Gasteiger partial charge on any atom is -0.495 e. The maximum atomic E-state index is 13.1. The van der Waals surface area contributed by atoms with Gasteiger partial charge in [0.1, 0.15) is 33.6 Å². The number of rotatable bonds is 12. The molecular weight excluding hydrogens is 564 g/mol. The molecular formula is C26H27ClN4O8S. The van der Waals surface area contributed by atoms with Crippen molar-refractivity contribution in [1.29, 1.82) is 0 Å². The maximum absolute atomic E-state index is 13.1. The van der Waals surface area contributed by atoms with Gasteiger partial charge in [-0.05, 0) is 19.1 Å². The molecule has 0 bridgehead atoms. The summed E-state index contributed by atoms with van der Waals surface area (Å²) in [5.41, 5.74) is 0.551. The molecule has 0 aliphatic rings. The van der Waals surface area contributed by atoms with Gasteiger partial charge >= 0.3 is 0 Å². The number of nitrogens with zero attached hydrogens (tertiary/aromatic N) is 2. The van der Waals surface area contributed by atoms with E-state index in [9.17, 15) is 18.0 Å². The first-order valence-corrected chi connectivity index (χ1v) is 13.4. The lowest BCUT2D eigenvalue weighted by molar-refractivity contribution is -0.126. The standard InChI is InChI=1S/C26H27ClN4O8S/c1-15(32)25(26(33)28-18-12-20(36-2)17(27)11-21(18)37-3)30-29-19-13-23(39-5)24(14-22(19)38-4)40(34,35)31-16-9-7-6-8-10-16/h6-14,25,31H,1-5H3,(H,28,33)/t25-/m0/s1. The van der Waals surface area contributed by atoms with Crippen molar-refractivity contribution in [3.8, 4) is 23.0 Å². The van der Waals surface area contributed by atoms with E-state index in [1.165, 1.54) is 59.6 Å². The molecule has 2 N–H and O–H groups in total. The third kappa shape index (κ3) is 6.98. The minimum absolute atomic E-state index is 0.00445. The zero-order valence-corrected chi connectivity index (χ0v) is 23.8. The second kappa shape index (κ2) is 13.1. The first-order valence-electron chi connectivity index (χ1n) is 11.5. The van der Waals surface area contributed by atoms with E-state index in [0.29, 0.717) is 5.69 Å². The number of nitrogens with one attached hydrogen (secondary N) is 2. The van der Waals surface area contributed by atoms with E-state index in [0.717, 1.165) is 0 Å². The number of hydrogen-bond donors (Lipinski definition) is 2. The van der Waals surface area contributed by atoms with Crippen LogP contribution in [0.5, 0.6) is 23.0 Å². The van der Waals surface area contributed by atoms with Gasteiger partial charge in [0.15, 0.2) is 5.78 Å². The molecule has 0 aliphatic carbocycles. The smallest absolute Gasteiger partial charge is 0.265 e. The van der Waals surface area contributed by atoms with Crippen molar-refractivity contribution in [1.82, 2.24) is 0 Å². The zero-order chi connectivity index (χ0) is 29.4. The number of carbonyl (C=O) groups excluding carboxylic acids is 2. The summed E-state index contributed by atoms with van der Waals surface area (Å²) in [6.45, 7) is 1.17. The number of hydrogen-bond acceptors (Lipinski definition) is 10. The summed E-state index contributed by atoms with van der Waals surface area (Å²) in [6.07, 6.45) is 0. The molecule has 12 nitrogen and oxygen atoms in total. The Balaban J connectivity index is 1.94. The average Bonchev–Trinajstić information content (AvgIpc) is 2.93. The molecule has 0 saturated carbocycles. The van der Waals surface area contributed by atoms with Crippen molar-refractivity contribution < 1.29 is 37.0 Å². The third-order valence-electron chi connectivity index (χ3n) is 5.43. The number of anilines is 2. The number of methoxy groups -OCH3 is 4. The minimum atomic E-state index is -4.09. The van der Waals surface area contributed by atoms with Crippen LogP contribution in [0.3, 0.4) is 0 Å². The monoisotopic (exact) mass is 590 g/mol. The fourth-order valence-corrected chi connectivity index (χ4v) is 4.91. The van der Waals surface area contributed by atoms with Crippen LogP contribution in [-0.2, 0) is 19.6 Å². The van der Waals surface area contributed by atoms with E-state index >= 15 is 0 Å². The molecule has 0 fully saturated rings. The van der Waals surface area contributed by atoms with Gasteiger partial charge in [0.25, 0.3) is 15.9 Å². The van der Waals surface area contributed by atoms with Crippen LogP contribution in [0.4, 0.5) is 17.1 Å². The lowest BCUT2D eigenvalue weighted by atomic mass is 10.2. The van der Waals surface area contributed by atoms with Gasteiger partial charge in [0.05, 0.1) is 39.1 Å². The molecule has 3 aromatic rings. The van der Waals surface area contributed by atoms with Gasteiger partial charge in [-0.1, -0.05) is 29.8 Å². The Morgan fingerprint density at radius 1 is 0.850 bits per heavy atom. The van der Waals surface area contributed by atoms with E-state index in [-0.39, 0.29) is 44.3 Å². The predicted molar refractivity (Wildman–Crippen MR) is 149 cm³/mol. The highest BCUT2D eigenvalue weighted by Gasteiger charge is 2.26. The summed E-state index contributed by atoms with van der Waals surface area (Å²) in [6, 6.07) is 12.1. The number of amides is 1. The number of sulfonamides is 1. The van der Waals surface area contributed by atoms with E-state index < -0.39 is 27.8 Å². The van der Waals surface area contributed by atoms with Crippen LogP contribution in [0.1, 0.15) is 6.92 Å². The van der Waals surface area contributed by atoms with E-state index in [1.807, 2.05) is 0 Å². The molecule has 40 heavy (non-hydrogen) atoms. The Labute approximate surface area is 236 Å². The number of para-hydroxylation sites is 1. The van der Waals surface area contributed by atoms with Crippen LogP contribution in [-0.4, -0.2) is 54.6 Å². The lowest BCUT2D eigenvalue weighted by Gasteiger charge is -2.15. The Morgan fingerprint density at radius 3 is 2.05 bits per heavy atom. The van der Waals surface area contributed by atoms with Crippen molar-refractivity contribution in [2.45, 2.75) is 17.9 Å². The van der Waals surface area contributed by atoms with Gasteiger partial charge < -0.3 is 24.3 Å². The molecule has 212 valence electrons. The molecule has 0 unspecified atom stereocenters. The molecule has 0 spiro atoms. The van der Waals surface area contributed by atoms with E-state index in [4.69, 9.17) is 30.5 Å². The molecule has 0 aromatic heterocycles. The maximum Gasteiger partial charge on any atom is 0.265 e. The largest absolute Gasteiger partial charge is 0.495 e. The molecule has 3 rings (SSSR count). The van der Waals surface area contributed by atoms with Crippen molar-refractivity contribution >= 4 is 50.4 Å². The summed E-state index contributed by atoms with van der Waals surface area (Å²) in [5, 5.41) is 10.7. The van der Waals surface area contributed by atoms with Gasteiger partial charge in [-0.25, -0.2) is 8.42 Å². The van der Waals surface area contributed by atoms with E-state index in [2.05, 4.69) is 20.3 Å². The van der Waals surface area contributed by atoms with Gasteiger partial charge in [-0.2, -0.15) is 10.2 Å². The fraction of sp³-hybridized carbons (Fsp3) is 0.231. The molecule has 1 atom stereocenters. The molecule has 1 amide bonds. The van der Waals surface area contributed by atoms with Crippen LogP contribution in [0.15, 0.2) is 69.7 Å². The number of benzene rings is 3. The number of halogens is 1. The quantitative estimate of drug-likeness (QED) is 0.224.